The van der Waals surface area contributed by atoms with Gasteiger partial charge >= 0.3 is 0 Å². The number of morpholine rings is 1. The summed E-state index contributed by atoms with van der Waals surface area (Å²) in [6.45, 7) is 1.70. The van der Waals surface area contributed by atoms with Crippen LogP contribution in [-0.2, 0) is 16.0 Å². The van der Waals surface area contributed by atoms with Crippen molar-refractivity contribution < 1.29 is 19.0 Å². The molecule has 2 aliphatic heterocycles. The number of benzene rings is 1. The van der Waals surface area contributed by atoms with Crippen molar-refractivity contribution in [1.29, 1.82) is 0 Å². The first-order valence-electron chi connectivity index (χ1n) is 8.61. The first-order chi connectivity index (χ1) is 11.3. The average molecular weight is 317 g/mol. The maximum Gasteiger partial charge on any atom is 0.231 e. The number of ether oxygens (including phenoxy) is 3. The summed E-state index contributed by atoms with van der Waals surface area (Å²) in [7, 11) is 0. The van der Waals surface area contributed by atoms with Gasteiger partial charge in [0.2, 0.25) is 12.7 Å². The van der Waals surface area contributed by atoms with E-state index < -0.39 is 0 Å². The molecule has 1 saturated carbocycles. The molecule has 124 valence electrons. The Morgan fingerprint density at radius 2 is 2.04 bits per heavy atom. The maximum atomic E-state index is 12.7. The summed E-state index contributed by atoms with van der Waals surface area (Å²) in [4.78, 5) is 14.7. The Morgan fingerprint density at radius 1 is 1.17 bits per heavy atom. The van der Waals surface area contributed by atoms with E-state index >= 15 is 0 Å². The Labute approximate surface area is 136 Å². The first-order valence-corrected chi connectivity index (χ1v) is 8.61. The highest BCUT2D eigenvalue weighted by atomic mass is 16.7. The minimum absolute atomic E-state index is 0.253. The van der Waals surface area contributed by atoms with Crippen LogP contribution in [0.5, 0.6) is 11.5 Å². The standard InChI is InChI=1S/C18H23NO4/c20-18(19-9-10-21-15-4-2-1-3-14(15)19)8-6-13-5-7-16-17(11-13)23-12-22-16/h5,7,11,14-15H,1-4,6,8-10,12H2/t14-,15+/m0/s1. The molecule has 0 aromatic heterocycles. The zero-order valence-corrected chi connectivity index (χ0v) is 13.3. The van der Waals surface area contributed by atoms with E-state index in [1.807, 2.05) is 18.2 Å². The third-order valence-electron chi connectivity index (χ3n) is 5.12. The smallest absolute Gasteiger partial charge is 0.231 e. The van der Waals surface area contributed by atoms with E-state index in [4.69, 9.17) is 14.2 Å². The van der Waals surface area contributed by atoms with Gasteiger partial charge in [-0.2, -0.15) is 0 Å². The van der Waals surface area contributed by atoms with Crippen molar-refractivity contribution in [2.24, 2.45) is 0 Å². The van der Waals surface area contributed by atoms with Crippen LogP contribution in [0.2, 0.25) is 0 Å². The molecule has 5 nitrogen and oxygen atoms in total. The Hall–Kier alpha value is -1.75. The van der Waals surface area contributed by atoms with Crippen LogP contribution < -0.4 is 9.47 Å². The second-order valence-corrected chi connectivity index (χ2v) is 6.54. The number of aryl methyl sites for hydroxylation is 1. The Bertz CT molecular complexity index is 586. The van der Waals surface area contributed by atoms with E-state index in [0.29, 0.717) is 19.1 Å². The summed E-state index contributed by atoms with van der Waals surface area (Å²) in [5, 5.41) is 0. The Balaban J connectivity index is 1.37. The van der Waals surface area contributed by atoms with Gasteiger partial charge in [-0.3, -0.25) is 4.79 Å². The highest BCUT2D eigenvalue weighted by molar-refractivity contribution is 5.77. The van der Waals surface area contributed by atoms with E-state index in [0.717, 1.165) is 42.9 Å². The maximum absolute atomic E-state index is 12.7. The van der Waals surface area contributed by atoms with Gasteiger partial charge in [0, 0.05) is 13.0 Å². The molecule has 1 saturated heterocycles. The van der Waals surface area contributed by atoms with Gasteiger partial charge in [0.05, 0.1) is 18.8 Å². The number of carbonyl (C=O) groups is 1. The van der Waals surface area contributed by atoms with E-state index in [1.165, 1.54) is 12.8 Å². The second kappa shape index (κ2) is 6.40. The molecule has 0 unspecified atom stereocenters. The largest absolute Gasteiger partial charge is 0.454 e. The summed E-state index contributed by atoms with van der Waals surface area (Å²) in [6.07, 6.45) is 6.15. The topological polar surface area (TPSA) is 48.0 Å². The SMILES string of the molecule is O=C(CCc1ccc2c(c1)OCO2)N1CCO[C@@H]2CCCC[C@@H]21. The van der Waals surface area contributed by atoms with Gasteiger partial charge < -0.3 is 19.1 Å². The van der Waals surface area contributed by atoms with Crippen molar-refractivity contribution in [2.45, 2.75) is 50.7 Å². The van der Waals surface area contributed by atoms with Crippen LogP contribution in [0.25, 0.3) is 0 Å². The third kappa shape index (κ3) is 3.02. The van der Waals surface area contributed by atoms with Gasteiger partial charge in [0.25, 0.3) is 0 Å². The highest BCUT2D eigenvalue weighted by Gasteiger charge is 2.36. The molecule has 2 fully saturated rings. The van der Waals surface area contributed by atoms with Crippen molar-refractivity contribution in [3.8, 4) is 11.5 Å². The normalized spacial score (nSPS) is 26.0. The molecule has 1 aliphatic carbocycles. The molecule has 3 aliphatic rings. The van der Waals surface area contributed by atoms with E-state index in [1.54, 1.807) is 0 Å². The zero-order chi connectivity index (χ0) is 15.6. The molecule has 0 N–H and O–H groups in total. The minimum atomic E-state index is 0.253. The number of nitrogens with zero attached hydrogens (tertiary/aromatic N) is 1. The van der Waals surface area contributed by atoms with Crippen LogP contribution in [0.3, 0.4) is 0 Å². The fraction of sp³-hybridized carbons (Fsp3) is 0.611. The molecule has 2 heterocycles. The molecule has 0 bridgehead atoms. The molecule has 1 aromatic carbocycles. The van der Waals surface area contributed by atoms with Crippen LogP contribution in [0.1, 0.15) is 37.7 Å². The summed E-state index contributed by atoms with van der Waals surface area (Å²) in [5.41, 5.74) is 1.12. The summed E-state index contributed by atoms with van der Waals surface area (Å²) >= 11 is 0. The number of amides is 1. The number of carbonyl (C=O) groups excluding carboxylic acids is 1. The van der Waals surface area contributed by atoms with Crippen LogP contribution in [0.4, 0.5) is 0 Å². The molecule has 1 amide bonds. The van der Waals surface area contributed by atoms with Crippen LogP contribution >= 0.6 is 0 Å². The third-order valence-corrected chi connectivity index (χ3v) is 5.12. The lowest BCUT2D eigenvalue weighted by Gasteiger charge is -2.43. The summed E-state index contributed by atoms with van der Waals surface area (Å²) < 4.78 is 16.6. The lowest BCUT2D eigenvalue weighted by molar-refractivity contribution is -0.149. The van der Waals surface area contributed by atoms with E-state index in [2.05, 4.69) is 4.90 Å². The molecule has 0 radical (unpaired) electrons. The van der Waals surface area contributed by atoms with Gasteiger partial charge in [-0.1, -0.05) is 18.9 Å². The molecule has 4 rings (SSSR count). The monoisotopic (exact) mass is 317 g/mol. The number of hydrogen-bond acceptors (Lipinski definition) is 4. The molecule has 1 aromatic rings. The van der Waals surface area contributed by atoms with Gasteiger partial charge in [0.1, 0.15) is 0 Å². The fourth-order valence-corrected chi connectivity index (χ4v) is 3.90. The van der Waals surface area contributed by atoms with Gasteiger partial charge in [0.15, 0.2) is 11.5 Å². The molecule has 5 heteroatoms. The predicted molar refractivity (Wildman–Crippen MR) is 84.6 cm³/mol. The quantitative estimate of drug-likeness (QED) is 0.859. The van der Waals surface area contributed by atoms with E-state index in [9.17, 15) is 4.79 Å². The van der Waals surface area contributed by atoms with Crippen molar-refractivity contribution >= 4 is 5.91 Å². The van der Waals surface area contributed by atoms with Crippen molar-refractivity contribution in [3.63, 3.8) is 0 Å². The van der Waals surface area contributed by atoms with Crippen molar-refractivity contribution in [1.82, 2.24) is 4.90 Å². The number of fused-ring (bicyclic) bond motifs is 2. The lowest BCUT2D eigenvalue weighted by atomic mass is 9.90. The first kappa shape index (κ1) is 14.8. The Morgan fingerprint density at radius 3 is 3.00 bits per heavy atom. The Kier molecular flexibility index (Phi) is 4.12. The molecular formula is C18H23NO4. The fourth-order valence-electron chi connectivity index (χ4n) is 3.90. The highest BCUT2D eigenvalue weighted by Crippen LogP contribution is 2.33. The minimum Gasteiger partial charge on any atom is -0.454 e. The van der Waals surface area contributed by atoms with Crippen molar-refractivity contribution in [3.05, 3.63) is 23.8 Å². The summed E-state index contributed by atoms with van der Waals surface area (Å²) in [5.74, 6) is 1.83. The van der Waals surface area contributed by atoms with E-state index in [-0.39, 0.29) is 18.8 Å². The predicted octanol–water partition coefficient (Wildman–Crippen LogP) is 2.52. The average Bonchev–Trinajstić information content (AvgIpc) is 3.07. The van der Waals surface area contributed by atoms with Gasteiger partial charge in [-0.05, 0) is 37.0 Å². The second-order valence-electron chi connectivity index (χ2n) is 6.54. The van der Waals surface area contributed by atoms with Crippen molar-refractivity contribution in [2.75, 3.05) is 19.9 Å². The van der Waals surface area contributed by atoms with Crippen LogP contribution in [0, 0.1) is 0 Å². The van der Waals surface area contributed by atoms with Crippen LogP contribution in [0.15, 0.2) is 18.2 Å². The number of hydrogen-bond donors (Lipinski definition) is 0. The van der Waals surface area contributed by atoms with Gasteiger partial charge in [-0.25, -0.2) is 0 Å². The zero-order valence-electron chi connectivity index (χ0n) is 13.3. The molecule has 23 heavy (non-hydrogen) atoms. The van der Waals surface area contributed by atoms with Gasteiger partial charge in [-0.15, -0.1) is 0 Å². The number of rotatable bonds is 3. The lowest BCUT2D eigenvalue weighted by Crippen LogP contribution is -2.54. The molecule has 0 spiro atoms. The van der Waals surface area contributed by atoms with Crippen LogP contribution in [-0.4, -0.2) is 42.9 Å². The molecular weight excluding hydrogens is 294 g/mol. The summed E-state index contributed by atoms with van der Waals surface area (Å²) in [6, 6.07) is 6.22. The molecule has 2 atom stereocenters.